The molecule has 0 unspecified atom stereocenters. The molecule has 0 atom stereocenters. The van der Waals surface area contributed by atoms with Crippen LogP contribution in [0.25, 0.3) is 0 Å². The molecule has 2 N–H and O–H groups in total. The summed E-state index contributed by atoms with van der Waals surface area (Å²) in [4.78, 5) is 3.06. The lowest BCUT2D eigenvalue weighted by molar-refractivity contribution is -0.900. The molecule has 4 heteroatoms. The van der Waals surface area contributed by atoms with Gasteiger partial charge in [-0.1, -0.05) is 26.7 Å². The first-order chi connectivity index (χ1) is 10.3. The van der Waals surface area contributed by atoms with Crippen molar-refractivity contribution in [2.75, 3.05) is 25.4 Å². The van der Waals surface area contributed by atoms with Crippen molar-refractivity contribution in [3.8, 4) is 5.75 Å². The summed E-state index contributed by atoms with van der Waals surface area (Å²) < 4.78 is 0. The number of thioether (sulfide) groups is 1. The molecule has 0 spiro atoms. The molecule has 0 aliphatic carbocycles. The molecule has 1 aromatic carbocycles. The first-order valence-corrected chi connectivity index (χ1v) is 9.50. The topological polar surface area (TPSA) is 24.7 Å². The highest BCUT2D eigenvalue weighted by Crippen LogP contribution is 2.21. The number of halogens is 1. The van der Waals surface area contributed by atoms with Crippen LogP contribution in [-0.4, -0.2) is 30.5 Å². The Kier molecular flexibility index (Phi) is 14.0. The molecule has 0 saturated heterocycles. The zero-order valence-electron chi connectivity index (χ0n) is 14.1. The molecule has 0 fully saturated rings. The van der Waals surface area contributed by atoms with E-state index in [9.17, 15) is 5.11 Å². The molecule has 0 aromatic heterocycles. The molecule has 0 bridgehead atoms. The number of phenolic OH excluding ortho intramolecular Hbond substituents is 1. The summed E-state index contributed by atoms with van der Waals surface area (Å²) in [6, 6.07) is 7.54. The van der Waals surface area contributed by atoms with Crippen molar-refractivity contribution < 1.29 is 22.4 Å². The van der Waals surface area contributed by atoms with Crippen molar-refractivity contribution in [3.63, 3.8) is 0 Å². The number of hydrogen-bond donors (Lipinski definition) is 2. The molecule has 0 amide bonds. The van der Waals surface area contributed by atoms with Crippen molar-refractivity contribution in [3.05, 3.63) is 24.3 Å². The SMILES string of the molecule is CCCC[NH+](CCCC)CCCCSc1ccc(O)cc1.[Cl-]. The first-order valence-electron chi connectivity index (χ1n) is 8.51. The standard InChI is InChI=1S/C18H31NOS.ClH/c1-3-5-13-19(14-6-4-2)15-7-8-16-21-18-11-9-17(20)10-12-18;/h9-12,20H,3-8,13-16H2,1-2H3;1H. The third kappa shape index (κ3) is 10.4. The Morgan fingerprint density at radius 2 is 1.41 bits per heavy atom. The second kappa shape index (κ2) is 14.2. The van der Waals surface area contributed by atoms with Gasteiger partial charge in [0.2, 0.25) is 0 Å². The van der Waals surface area contributed by atoms with E-state index in [1.165, 1.54) is 68.8 Å². The normalized spacial score (nSPS) is 10.7. The second-order valence-electron chi connectivity index (χ2n) is 5.76. The zero-order chi connectivity index (χ0) is 15.3. The highest BCUT2D eigenvalue weighted by molar-refractivity contribution is 7.99. The largest absolute Gasteiger partial charge is 1.00 e. The van der Waals surface area contributed by atoms with Gasteiger partial charge in [0.25, 0.3) is 0 Å². The predicted molar refractivity (Wildman–Crippen MR) is 93.4 cm³/mol. The number of aromatic hydroxyl groups is 1. The Balaban J connectivity index is 0.00000441. The fraction of sp³-hybridized carbons (Fsp3) is 0.667. The van der Waals surface area contributed by atoms with Gasteiger partial charge >= 0.3 is 0 Å². The molecule has 128 valence electrons. The predicted octanol–water partition coefficient (Wildman–Crippen LogP) is 0.754. The van der Waals surface area contributed by atoms with Crippen LogP contribution in [0.3, 0.4) is 0 Å². The minimum Gasteiger partial charge on any atom is -1.00 e. The van der Waals surface area contributed by atoms with Crippen LogP contribution in [-0.2, 0) is 0 Å². The molecular formula is C18H32ClNOS. The van der Waals surface area contributed by atoms with Gasteiger partial charge in [0, 0.05) is 4.90 Å². The van der Waals surface area contributed by atoms with Gasteiger partial charge in [-0.15, -0.1) is 11.8 Å². The summed E-state index contributed by atoms with van der Waals surface area (Å²) in [6.07, 6.45) is 7.96. The van der Waals surface area contributed by atoms with Crippen LogP contribution in [0.1, 0.15) is 52.4 Å². The van der Waals surface area contributed by atoms with Crippen molar-refractivity contribution in [1.82, 2.24) is 0 Å². The van der Waals surface area contributed by atoms with E-state index in [4.69, 9.17) is 0 Å². The number of quaternary nitrogens is 1. The summed E-state index contributed by atoms with van der Waals surface area (Å²) in [6.45, 7) is 8.59. The lowest BCUT2D eigenvalue weighted by atomic mass is 10.2. The van der Waals surface area contributed by atoms with Crippen molar-refractivity contribution in [1.29, 1.82) is 0 Å². The van der Waals surface area contributed by atoms with E-state index in [1.807, 2.05) is 23.9 Å². The van der Waals surface area contributed by atoms with Gasteiger partial charge < -0.3 is 22.4 Å². The summed E-state index contributed by atoms with van der Waals surface area (Å²) in [5, 5.41) is 9.26. The fourth-order valence-corrected chi connectivity index (χ4v) is 3.35. The van der Waals surface area contributed by atoms with Crippen LogP contribution >= 0.6 is 11.8 Å². The van der Waals surface area contributed by atoms with E-state index in [-0.39, 0.29) is 12.4 Å². The Bertz CT molecular complexity index is 351. The monoisotopic (exact) mass is 345 g/mol. The van der Waals surface area contributed by atoms with E-state index >= 15 is 0 Å². The minimum atomic E-state index is 0. The molecule has 22 heavy (non-hydrogen) atoms. The van der Waals surface area contributed by atoms with Crippen LogP contribution in [0.5, 0.6) is 5.75 Å². The molecular weight excluding hydrogens is 314 g/mol. The van der Waals surface area contributed by atoms with E-state index in [2.05, 4.69) is 13.8 Å². The van der Waals surface area contributed by atoms with Gasteiger partial charge in [-0.2, -0.15) is 0 Å². The molecule has 0 saturated carbocycles. The molecule has 2 nitrogen and oxygen atoms in total. The van der Waals surface area contributed by atoms with Gasteiger partial charge in [0.15, 0.2) is 0 Å². The number of benzene rings is 1. The minimum absolute atomic E-state index is 0. The number of nitrogens with one attached hydrogen (secondary N) is 1. The summed E-state index contributed by atoms with van der Waals surface area (Å²) in [5.74, 6) is 1.53. The van der Waals surface area contributed by atoms with Crippen LogP contribution in [0.15, 0.2) is 29.2 Å². The summed E-state index contributed by atoms with van der Waals surface area (Å²) in [7, 11) is 0. The van der Waals surface area contributed by atoms with E-state index in [0.717, 1.165) is 0 Å². The maximum absolute atomic E-state index is 9.26. The molecule has 0 heterocycles. The van der Waals surface area contributed by atoms with Gasteiger partial charge in [-0.25, -0.2) is 0 Å². The average molecular weight is 346 g/mol. The Morgan fingerprint density at radius 3 is 1.95 bits per heavy atom. The number of hydrogen-bond acceptors (Lipinski definition) is 2. The van der Waals surface area contributed by atoms with Gasteiger partial charge in [-0.05, 0) is 55.7 Å². The molecule has 1 aromatic rings. The fourth-order valence-electron chi connectivity index (χ4n) is 2.44. The lowest BCUT2D eigenvalue weighted by Gasteiger charge is -2.19. The smallest absolute Gasteiger partial charge is 0.115 e. The lowest BCUT2D eigenvalue weighted by Crippen LogP contribution is -3.12. The molecule has 0 aliphatic rings. The molecule has 0 aliphatic heterocycles. The van der Waals surface area contributed by atoms with Gasteiger partial charge in [0.1, 0.15) is 5.75 Å². The van der Waals surface area contributed by atoms with Crippen LogP contribution in [0.4, 0.5) is 0 Å². The van der Waals surface area contributed by atoms with Crippen molar-refractivity contribution in [2.24, 2.45) is 0 Å². The third-order valence-corrected chi connectivity index (χ3v) is 4.90. The average Bonchev–Trinajstić information content (AvgIpc) is 2.50. The number of unbranched alkanes of at least 4 members (excludes halogenated alkanes) is 3. The summed E-state index contributed by atoms with van der Waals surface area (Å²) >= 11 is 1.90. The van der Waals surface area contributed by atoms with Crippen LogP contribution < -0.4 is 17.3 Å². The Hall–Kier alpha value is -0.380. The summed E-state index contributed by atoms with van der Waals surface area (Å²) in [5.41, 5.74) is 0. The Labute approximate surface area is 147 Å². The first kappa shape index (κ1) is 21.6. The maximum Gasteiger partial charge on any atom is 0.115 e. The number of rotatable bonds is 12. The quantitative estimate of drug-likeness (QED) is 0.432. The van der Waals surface area contributed by atoms with Crippen molar-refractivity contribution >= 4 is 11.8 Å². The van der Waals surface area contributed by atoms with E-state index in [0.29, 0.717) is 5.75 Å². The highest BCUT2D eigenvalue weighted by Gasteiger charge is 2.06. The van der Waals surface area contributed by atoms with Gasteiger partial charge in [0.05, 0.1) is 19.6 Å². The molecule has 0 radical (unpaired) electrons. The Morgan fingerprint density at radius 1 is 0.864 bits per heavy atom. The van der Waals surface area contributed by atoms with E-state index in [1.54, 1.807) is 17.0 Å². The van der Waals surface area contributed by atoms with E-state index < -0.39 is 0 Å². The zero-order valence-corrected chi connectivity index (χ0v) is 15.7. The molecule has 1 rings (SSSR count). The second-order valence-corrected chi connectivity index (χ2v) is 6.92. The van der Waals surface area contributed by atoms with Crippen LogP contribution in [0, 0.1) is 0 Å². The third-order valence-electron chi connectivity index (χ3n) is 3.80. The van der Waals surface area contributed by atoms with Gasteiger partial charge in [-0.3, -0.25) is 0 Å². The number of phenols is 1. The maximum atomic E-state index is 9.26. The highest BCUT2D eigenvalue weighted by atomic mass is 35.5. The van der Waals surface area contributed by atoms with Crippen LogP contribution in [0.2, 0.25) is 0 Å². The van der Waals surface area contributed by atoms with Crippen molar-refractivity contribution in [2.45, 2.75) is 57.3 Å².